The van der Waals surface area contributed by atoms with Crippen molar-refractivity contribution in [3.63, 3.8) is 0 Å². The second kappa shape index (κ2) is 11.5. The van der Waals surface area contributed by atoms with Gasteiger partial charge in [-0.25, -0.2) is 4.99 Å². The summed E-state index contributed by atoms with van der Waals surface area (Å²) in [6.45, 7) is 10.3. The summed E-state index contributed by atoms with van der Waals surface area (Å²) in [5, 5.41) is 9.42. The first-order valence-corrected chi connectivity index (χ1v) is 8.98. The lowest BCUT2D eigenvalue weighted by Crippen LogP contribution is -2.40. The molecule has 134 valence electrons. The first-order valence-electron chi connectivity index (χ1n) is 8.98. The van der Waals surface area contributed by atoms with Gasteiger partial charge in [0.2, 0.25) is 5.91 Å². The zero-order valence-electron chi connectivity index (χ0n) is 15.5. The van der Waals surface area contributed by atoms with Crippen LogP contribution in [0.15, 0.2) is 29.3 Å². The van der Waals surface area contributed by atoms with E-state index in [0.717, 1.165) is 25.3 Å². The molecule has 1 rings (SSSR count). The Balaban J connectivity index is 2.52. The Morgan fingerprint density at radius 2 is 1.83 bits per heavy atom. The lowest BCUT2D eigenvalue weighted by atomic mass is 10.1. The molecule has 1 unspecified atom stereocenters. The number of guanidine groups is 1. The molecule has 5 nitrogen and oxygen atoms in total. The molecule has 3 N–H and O–H groups in total. The summed E-state index contributed by atoms with van der Waals surface area (Å²) in [5.41, 5.74) is 2.57. The molecule has 0 aliphatic carbocycles. The average molecular weight is 332 g/mol. The van der Waals surface area contributed by atoms with E-state index in [1.807, 2.05) is 19.9 Å². The predicted octanol–water partition coefficient (Wildman–Crippen LogP) is 2.61. The molecule has 0 saturated carbocycles. The van der Waals surface area contributed by atoms with Crippen molar-refractivity contribution in [2.75, 3.05) is 13.1 Å². The fourth-order valence-electron chi connectivity index (χ4n) is 2.31. The van der Waals surface area contributed by atoms with Crippen LogP contribution in [-0.2, 0) is 17.8 Å². The number of aryl methyl sites for hydroxylation is 1. The third-order valence-corrected chi connectivity index (χ3v) is 3.92. The maximum atomic E-state index is 11.8. The molecule has 0 bridgehead atoms. The highest BCUT2D eigenvalue weighted by Crippen LogP contribution is 2.10. The Morgan fingerprint density at radius 1 is 1.12 bits per heavy atom. The lowest BCUT2D eigenvalue weighted by Gasteiger charge is -2.14. The Morgan fingerprint density at radius 3 is 2.46 bits per heavy atom. The van der Waals surface area contributed by atoms with Crippen LogP contribution in [0.3, 0.4) is 0 Å². The second-order valence-corrected chi connectivity index (χ2v) is 5.87. The van der Waals surface area contributed by atoms with Crippen LogP contribution >= 0.6 is 0 Å². The largest absolute Gasteiger partial charge is 0.357 e. The molecule has 0 aliphatic rings. The second-order valence-electron chi connectivity index (χ2n) is 5.87. The molecule has 0 spiro atoms. The Kier molecular flexibility index (Phi) is 9.58. The summed E-state index contributed by atoms with van der Waals surface area (Å²) < 4.78 is 0. The van der Waals surface area contributed by atoms with Gasteiger partial charge in [-0.2, -0.15) is 0 Å². The van der Waals surface area contributed by atoms with Crippen molar-refractivity contribution in [3.05, 3.63) is 35.4 Å². The summed E-state index contributed by atoms with van der Waals surface area (Å²) in [7, 11) is 0. The third kappa shape index (κ3) is 7.49. The molecule has 5 heteroatoms. The molecule has 0 radical (unpaired) electrons. The molecule has 1 atom stereocenters. The van der Waals surface area contributed by atoms with Gasteiger partial charge < -0.3 is 16.0 Å². The van der Waals surface area contributed by atoms with Crippen molar-refractivity contribution in [1.29, 1.82) is 0 Å². The first kappa shape index (κ1) is 20.0. The van der Waals surface area contributed by atoms with E-state index in [-0.39, 0.29) is 11.9 Å². The molecule has 24 heavy (non-hydrogen) atoms. The lowest BCUT2D eigenvalue weighted by molar-refractivity contribution is -0.121. The minimum atomic E-state index is 0.0732. The van der Waals surface area contributed by atoms with E-state index in [4.69, 9.17) is 0 Å². The molecule has 0 fully saturated rings. The summed E-state index contributed by atoms with van der Waals surface area (Å²) in [5.74, 6) is 0.823. The number of carbonyl (C=O) groups excluding carboxylic acids is 1. The topological polar surface area (TPSA) is 65.5 Å². The minimum Gasteiger partial charge on any atom is -0.357 e. The highest BCUT2D eigenvalue weighted by Gasteiger charge is 2.06. The van der Waals surface area contributed by atoms with Crippen molar-refractivity contribution in [2.24, 2.45) is 4.99 Å². The molecule has 0 heterocycles. The number of amides is 1. The quantitative estimate of drug-likeness (QED) is 0.481. The predicted molar refractivity (Wildman–Crippen MR) is 101 cm³/mol. The van der Waals surface area contributed by atoms with E-state index in [1.165, 1.54) is 11.1 Å². The smallest absolute Gasteiger partial charge is 0.221 e. The van der Waals surface area contributed by atoms with Crippen LogP contribution < -0.4 is 16.0 Å². The number of carbonyl (C=O) groups is 1. The van der Waals surface area contributed by atoms with Crippen LogP contribution in [-0.4, -0.2) is 31.0 Å². The number of hydrogen-bond acceptors (Lipinski definition) is 2. The van der Waals surface area contributed by atoms with Gasteiger partial charge in [-0.05, 0) is 37.8 Å². The summed E-state index contributed by atoms with van der Waals surface area (Å²) in [6, 6.07) is 8.59. The summed E-state index contributed by atoms with van der Waals surface area (Å²) in [6.07, 6.45) is 2.39. The number of aliphatic imine (C=N–C) groups is 1. The van der Waals surface area contributed by atoms with E-state index in [9.17, 15) is 4.79 Å². The Bertz CT molecular complexity index is 528. The van der Waals surface area contributed by atoms with Crippen molar-refractivity contribution >= 4 is 11.9 Å². The van der Waals surface area contributed by atoms with Crippen molar-refractivity contribution in [1.82, 2.24) is 16.0 Å². The van der Waals surface area contributed by atoms with Crippen LogP contribution in [0.2, 0.25) is 0 Å². The zero-order valence-corrected chi connectivity index (χ0v) is 15.5. The molecule has 1 aromatic rings. The van der Waals surface area contributed by atoms with Gasteiger partial charge in [0.05, 0.1) is 6.54 Å². The molecule has 0 saturated heterocycles. The fraction of sp³-hybridized carbons (Fsp3) is 0.579. The highest BCUT2D eigenvalue weighted by atomic mass is 16.1. The molecule has 1 amide bonds. The van der Waals surface area contributed by atoms with Crippen molar-refractivity contribution in [2.45, 2.75) is 59.5 Å². The Labute approximate surface area is 146 Å². The molecule has 0 aromatic heterocycles. The van der Waals surface area contributed by atoms with Crippen molar-refractivity contribution < 1.29 is 4.79 Å². The maximum absolute atomic E-state index is 11.8. The number of nitrogens with one attached hydrogen (secondary N) is 3. The number of hydrogen-bond donors (Lipinski definition) is 3. The first-order chi connectivity index (χ1) is 11.6. The third-order valence-electron chi connectivity index (χ3n) is 3.92. The van der Waals surface area contributed by atoms with E-state index < -0.39 is 0 Å². The highest BCUT2D eigenvalue weighted by molar-refractivity contribution is 5.81. The van der Waals surface area contributed by atoms with Crippen LogP contribution in [0.5, 0.6) is 0 Å². The SMILES string of the molecule is CCNC(=NCc1ccccc1CC)NCCC(=O)NC(C)CC. The van der Waals surface area contributed by atoms with Gasteiger partial charge in [-0.1, -0.05) is 38.1 Å². The van der Waals surface area contributed by atoms with Crippen LogP contribution in [0.25, 0.3) is 0 Å². The maximum Gasteiger partial charge on any atom is 0.221 e. The monoisotopic (exact) mass is 332 g/mol. The van der Waals surface area contributed by atoms with Crippen LogP contribution in [0.4, 0.5) is 0 Å². The van der Waals surface area contributed by atoms with Crippen molar-refractivity contribution in [3.8, 4) is 0 Å². The van der Waals surface area contributed by atoms with Gasteiger partial charge in [0, 0.05) is 25.6 Å². The zero-order chi connectivity index (χ0) is 17.8. The van der Waals surface area contributed by atoms with Gasteiger partial charge in [-0.15, -0.1) is 0 Å². The number of rotatable bonds is 9. The number of nitrogens with zero attached hydrogens (tertiary/aromatic N) is 1. The molecular weight excluding hydrogens is 300 g/mol. The van der Waals surface area contributed by atoms with Crippen LogP contribution in [0.1, 0.15) is 51.7 Å². The summed E-state index contributed by atoms with van der Waals surface area (Å²) in [4.78, 5) is 16.4. The van der Waals surface area contributed by atoms with E-state index in [0.29, 0.717) is 19.5 Å². The minimum absolute atomic E-state index is 0.0732. The Hall–Kier alpha value is -2.04. The number of benzene rings is 1. The van der Waals surface area contributed by atoms with E-state index in [2.05, 4.69) is 53.0 Å². The van der Waals surface area contributed by atoms with Crippen LogP contribution in [0, 0.1) is 0 Å². The molecular formula is C19H32N4O. The van der Waals surface area contributed by atoms with Gasteiger partial charge in [0.1, 0.15) is 0 Å². The standard InChI is InChI=1S/C19H32N4O/c1-5-15(4)23-18(24)12-13-21-19(20-7-3)22-14-17-11-9-8-10-16(17)6-2/h8-11,15H,5-7,12-14H2,1-4H3,(H,23,24)(H2,20,21,22). The average Bonchev–Trinajstić information content (AvgIpc) is 2.59. The van der Waals surface area contributed by atoms with Gasteiger partial charge in [0.15, 0.2) is 5.96 Å². The van der Waals surface area contributed by atoms with E-state index in [1.54, 1.807) is 0 Å². The van der Waals surface area contributed by atoms with Gasteiger partial charge in [-0.3, -0.25) is 4.79 Å². The van der Waals surface area contributed by atoms with Gasteiger partial charge in [0.25, 0.3) is 0 Å². The van der Waals surface area contributed by atoms with E-state index >= 15 is 0 Å². The molecule has 0 aliphatic heterocycles. The van der Waals surface area contributed by atoms with Gasteiger partial charge >= 0.3 is 0 Å². The molecule has 1 aromatic carbocycles. The normalized spacial score (nSPS) is 12.6. The summed E-state index contributed by atoms with van der Waals surface area (Å²) >= 11 is 0. The fourth-order valence-corrected chi connectivity index (χ4v) is 2.31.